The molecule has 31 heavy (non-hydrogen) atoms. The number of pyridine rings is 1. The third-order valence-corrected chi connectivity index (χ3v) is 5.70. The number of imidazole rings is 1. The third kappa shape index (κ3) is 3.69. The molecule has 1 fully saturated rings. The van der Waals surface area contributed by atoms with E-state index in [1.807, 2.05) is 0 Å². The molecule has 9 heteroatoms. The van der Waals surface area contributed by atoms with Crippen molar-refractivity contribution in [2.24, 2.45) is 0 Å². The van der Waals surface area contributed by atoms with Crippen LogP contribution >= 0.6 is 0 Å². The molecule has 1 unspecified atom stereocenters. The number of hydrogen-bond acceptors (Lipinski definition) is 4. The first-order valence-electron chi connectivity index (χ1n) is 10.1. The number of nitrogens with zero attached hydrogens (tertiary/aromatic N) is 5. The number of benzene rings is 1. The molecule has 0 spiro atoms. The maximum Gasteiger partial charge on any atom is 0.261 e. The highest BCUT2D eigenvalue weighted by atomic mass is 19.3. The number of hydrogen-bond donors (Lipinski definition) is 0. The van der Waals surface area contributed by atoms with Crippen molar-refractivity contribution in [3.8, 4) is 0 Å². The van der Waals surface area contributed by atoms with Crippen molar-refractivity contribution in [2.45, 2.75) is 38.4 Å². The second-order valence-electron chi connectivity index (χ2n) is 7.77. The van der Waals surface area contributed by atoms with Gasteiger partial charge in [-0.25, -0.2) is 23.1 Å². The molecule has 160 valence electrons. The van der Waals surface area contributed by atoms with Gasteiger partial charge in [-0.3, -0.25) is 14.3 Å². The van der Waals surface area contributed by atoms with Crippen LogP contribution in [0.1, 0.15) is 30.4 Å². The Labute approximate surface area is 175 Å². The molecule has 1 aliphatic rings. The predicted octanol–water partition coefficient (Wildman–Crippen LogP) is 3.79. The van der Waals surface area contributed by atoms with Crippen LogP contribution in [0.5, 0.6) is 0 Å². The lowest BCUT2D eigenvalue weighted by Crippen LogP contribution is -2.33. The smallest absolute Gasteiger partial charge is 0.261 e. The van der Waals surface area contributed by atoms with E-state index in [4.69, 9.17) is 0 Å². The summed E-state index contributed by atoms with van der Waals surface area (Å²) in [5.41, 5.74) is 1.42. The minimum absolute atomic E-state index is 0.280. The first-order valence-corrected chi connectivity index (χ1v) is 10.1. The molecule has 1 saturated heterocycles. The minimum atomic E-state index is -2.66. The molecule has 0 radical (unpaired) electrons. The molecule has 0 aliphatic carbocycles. The summed E-state index contributed by atoms with van der Waals surface area (Å²) in [7, 11) is 0. The summed E-state index contributed by atoms with van der Waals surface area (Å²) in [4.78, 5) is 24.2. The quantitative estimate of drug-likeness (QED) is 0.486. The van der Waals surface area contributed by atoms with E-state index >= 15 is 0 Å². The van der Waals surface area contributed by atoms with Crippen LogP contribution < -0.4 is 5.56 Å². The van der Waals surface area contributed by atoms with Gasteiger partial charge in [0, 0.05) is 18.9 Å². The summed E-state index contributed by atoms with van der Waals surface area (Å²) in [6.45, 7) is 0.486. The first-order chi connectivity index (χ1) is 15.0. The molecule has 0 N–H and O–H groups in total. The number of rotatable bonds is 5. The minimum Gasteiger partial charge on any atom is -0.304 e. The molecule has 1 aliphatic heterocycles. The van der Waals surface area contributed by atoms with Gasteiger partial charge in [0.1, 0.15) is 17.3 Å². The van der Waals surface area contributed by atoms with Crippen molar-refractivity contribution in [1.29, 1.82) is 0 Å². The van der Waals surface area contributed by atoms with Gasteiger partial charge in [-0.1, -0.05) is 12.1 Å². The van der Waals surface area contributed by atoms with E-state index in [2.05, 4.69) is 14.9 Å². The van der Waals surface area contributed by atoms with Crippen molar-refractivity contribution < 1.29 is 13.2 Å². The Morgan fingerprint density at radius 3 is 2.77 bits per heavy atom. The van der Waals surface area contributed by atoms with E-state index < -0.39 is 18.5 Å². The van der Waals surface area contributed by atoms with Gasteiger partial charge < -0.3 is 4.40 Å². The lowest BCUT2D eigenvalue weighted by atomic mass is 10.1. The Hall–Kier alpha value is -3.20. The summed E-state index contributed by atoms with van der Waals surface area (Å²) in [5.74, 6) is 0.00295. The van der Waals surface area contributed by atoms with E-state index in [1.165, 1.54) is 12.3 Å². The summed E-state index contributed by atoms with van der Waals surface area (Å²) in [6, 6.07) is 9.49. The number of alkyl halides is 2. The van der Waals surface area contributed by atoms with Gasteiger partial charge in [-0.2, -0.15) is 0 Å². The number of para-hydroxylation sites is 1. The maximum atomic E-state index is 13.5. The normalized spacial score (nSPS) is 17.4. The molecule has 0 bridgehead atoms. The molecule has 4 heterocycles. The summed E-state index contributed by atoms with van der Waals surface area (Å²) < 4.78 is 42.9. The first kappa shape index (κ1) is 19.7. The zero-order chi connectivity index (χ0) is 21.5. The second kappa shape index (κ2) is 7.81. The Morgan fingerprint density at radius 1 is 1.10 bits per heavy atom. The van der Waals surface area contributed by atoms with Gasteiger partial charge in [0.25, 0.3) is 12.0 Å². The average Bonchev–Trinajstić information content (AvgIpc) is 3.36. The van der Waals surface area contributed by atoms with E-state index in [0.717, 1.165) is 23.2 Å². The third-order valence-electron chi connectivity index (χ3n) is 5.70. The second-order valence-corrected chi connectivity index (χ2v) is 7.77. The van der Waals surface area contributed by atoms with Gasteiger partial charge >= 0.3 is 0 Å². The van der Waals surface area contributed by atoms with E-state index in [1.54, 1.807) is 40.9 Å². The average molecular weight is 427 g/mol. The van der Waals surface area contributed by atoms with Crippen molar-refractivity contribution in [3.63, 3.8) is 0 Å². The fourth-order valence-electron chi connectivity index (χ4n) is 4.36. The molecule has 1 atom stereocenters. The number of halogens is 3. The number of aromatic nitrogens is 4. The standard InChI is InChI=1S/C22H20F3N5O/c23-14-7-8-20-26-15(12-29(20)10-14)11-28-9-3-6-18(28)21-27-17-5-2-1-4-16(17)22(31)30(21)13-19(24)25/h1-2,4-5,7-8,10,12,18-19H,3,6,9,11,13H2. The van der Waals surface area contributed by atoms with E-state index in [-0.39, 0.29) is 11.9 Å². The zero-order valence-corrected chi connectivity index (χ0v) is 16.6. The Balaban J connectivity index is 1.54. The van der Waals surface area contributed by atoms with Crippen LogP contribution in [0.4, 0.5) is 13.2 Å². The molecular formula is C22H20F3N5O. The summed E-state index contributed by atoms with van der Waals surface area (Å²) in [6.07, 6.45) is 2.01. The van der Waals surface area contributed by atoms with Crippen LogP contribution in [0.25, 0.3) is 16.6 Å². The largest absolute Gasteiger partial charge is 0.304 e. The van der Waals surface area contributed by atoms with Gasteiger partial charge in [-0.15, -0.1) is 0 Å². The Kier molecular flexibility index (Phi) is 4.97. The van der Waals surface area contributed by atoms with Crippen LogP contribution in [0.2, 0.25) is 0 Å². The number of fused-ring (bicyclic) bond motifs is 2. The van der Waals surface area contributed by atoms with Crippen molar-refractivity contribution >= 4 is 16.6 Å². The van der Waals surface area contributed by atoms with Crippen LogP contribution in [0.15, 0.2) is 53.6 Å². The van der Waals surface area contributed by atoms with Crippen LogP contribution in [-0.2, 0) is 13.1 Å². The maximum absolute atomic E-state index is 13.5. The van der Waals surface area contributed by atoms with Gasteiger partial charge in [0.2, 0.25) is 0 Å². The van der Waals surface area contributed by atoms with Crippen LogP contribution in [0, 0.1) is 5.82 Å². The lowest BCUT2D eigenvalue weighted by Gasteiger charge is -2.26. The highest BCUT2D eigenvalue weighted by molar-refractivity contribution is 5.77. The van der Waals surface area contributed by atoms with E-state index in [9.17, 15) is 18.0 Å². The molecule has 3 aromatic heterocycles. The van der Waals surface area contributed by atoms with Gasteiger partial charge in [0.05, 0.1) is 29.2 Å². The topological polar surface area (TPSA) is 55.4 Å². The van der Waals surface area contributed by atoms with Crippen molar-refractivity contribution in [1.82, 2.24) is 23.8 Å². The Bertz CT molecular complexity index is 1320. The molecule has 0 amide bonds. The van der Waals surface area contributed by atoms with Gasteiger partial charge in [-0.05, 0) is 43.7 Å². The van der Waals surface area contributed by atoms with Crippen molar-refractivity contribution in [2.75, 3.05) is 6.54 Å². The van der Waals surface area contributed by atoms with Gasteiger partial charge in [0.15, 0.2) is 0 Å². The summed E-state index contributed by atoms with van der Waals surface area (Å²) >= 11 is 0. The molecule has 0 saturated carbocycles. The lowest BCUT2D eigenvalue weighted by molar-refractivity contribution is 0.120. The molecular weight excluding hydrogens is 407 g/mol. The number of likely N-dealkylation sites (tertiary alicyclic amines) is 1. The Morgan fingerprint density at radius 2 is 1.94 bits per heavy atom. The van der Waals surface area contributed by atoms with E-state index in [0.29, 0.717) is 35.3 Å². The molecule has 5 rings (SSSR count). The highest BCUT2D eigenvalue weighted by Gasteiger charge is 2.31. The molecule has 1 aromatic carbocycles. The monoisotopic (exact) mass is 427 g/mol. The van der Waals surface area contributed by atoms with Crippen LogP contribution in [-0.4, -0.2) is 36.8 Å². The molecule has 4 aromatic rings. The van der Waals surface area contributed by atoms with Crippen LogP contribution in [0.3, 0.4) is 0 Å². The zero-order valence-electron chi connectivity index (χ0n) is 16.6. The van der Waals surface area contributed by atoms with Crippen molar-refractivity contribution in [3.05, 3.63) is 76.5 Å². The fourth-order valence-corrected chi connectivity index (χ4v) is 4.36. The molecule has 6 nitrogen and oxygen atoms in total. The fraction of sp³-hybridized carbons (Fsp3) is 0.318. The predicted molar refractivity (Wildman–Crippen MR) is 110 cm³/mol. The SMILES string of the molecule is O=c1c2ccccc2nc(C2CCCN2Cc2cn3cc(F)ccc3n2)n1CC(F)F. The summed E-state index contributed by atoms with van der Waals surface area (Å²) in [5, 5.41) is 0.332. The highest BCUT2D eigenvalue weighted by Crippen LogP contribution is 2.32.